The molecule has 696 valence electrons. The second-order valence-corrected chi connectivity index (χ2v) is 25.6. The van der Waals surface area contributed by atoms with Gasteiger partial charge in [0.2, 0.25) is 0 Å². The van der Waals surface area contributed by atoms with Crippen molar-refractivity contribution in [3.05, 3.63) is 149 Å². The molecule has 53 heteroatoms. The van der Waals surface area contributed by atoms with Gasteiger partial charge in [0, 0.05) is 57.5 Å². The van der Waals surface area contributed by atoms with Crippen LogP contribution < -0.4 is 194 Å². The first-order valence-corrected chi connectivity index (χ1v) is 39.4. The van der Waals surface area contributed by atoms with Crippen LogP contribution in [0.15, 0.2) is 121 Å². The quantitative estimate of drug-likeness (QED) is 0.00199. The number of nitrogens with two attached hydrogens (primary N) is 2. The zero-order valence-electron chi connectivity index (χ0n) is 71.1. The standard InChI is InChI=1S/C16H18F3N3O5S.C14H19N3O4S.C14H17NO5S.C13H16O5.C12H13NO5S.C4H7F3N2O.CH2O3.CH4O.2K.Na.H2O.H/c17-16(18,19)15(25)22-5-4-21-14(24)11-2-1-3-12(8-11)27-9-13(28-10-20)26-7-6-23;15-4-5-17-14(19)11-2-1-3-12(8-11)21-9-13(22-10-16)20-7-6-18;1-2-18-14(17)11-4-3-5-12(8-11)20-9-13(21-10-15)19-7-6-16;1-2-15-13(14)10-4-3-5-11(8-10)18-9-12-16-6-7-17-12;13-8-19-11(17-5-4-14)7-18-10-3-1-2-9(6-10)12(15)16;5-4(6,7)3(10)9-2-1-8;2-1-4-3;1-2;;;;;/h1-3,8,13,23H,4-7,9H2,(H,21,24)(H,22,25);1-3,8,13,18H,4-7,9,15H2,(H,17,19);3-5,8,13,16H,2,6-7,9H2,1H3;3-5,8,12H,2,6-7,9H2,1H3;1-3,6,11,14H,4-5,7H2,(H,15,16);1-2,8H2,(H,9,10);1,3H;2H,1H3;;;;1H2;/q;;;;;;;;3*+1;;-1/p-2. The minimum Gasteiger partial charge on any atom is -1.00 e. The third-order valence-corrected chi connectivity index (χ3v) is 15.6. The number of nitrogens with zero attached hydrogens (tertiary/aromatic N) is 4. The maximum atomic E-state index is 12.0. The number of aliphatic hydroxyl groups excluding tert-OH is 5. The van der Waals surface area contributed by atoms with Crippen molar-refractivity contribution in [2.45, 2.75) is 54.2 Å². The Morgan fingerprint density at radius 3 is 1.05 bits per heavy atom. The Labute approximate surface area is 858 Å². The second kappa shape index (κ2) is 85.9. The molecular weight excluding hydrogens is 1860 g/mol. The third-order valence-electron chi connectivity index (χ3n) is 13.0. The van der Waals surface area contributed by atoms with Gasteiger partial charge < -0.3 is 142 Å². The van der Waals surface area contributed by atoms with Gasteiger partial charge in [0.15, 0.2) is 28.0 Å². The Morgan fingerprint density at radius 2 is 0.766 bits per heavy atom. The number of halogens is 6. The number of nitrogens with one attached hydrogen (secondary N) is 4. The van der Waals surface area contributed by atoms with Crippen LogP contribution in [0, 0.1) is 42.7 Å². The number of esters is 2. The number of carbonyl (C=O) groups excluding carboxylic acids is 7. The van der Waals surface area contributed by atoms with Gasteiger partial charge in [-0.05, 0) is 152 Å². The molecule has 15 N–H and O–H groups in total. The molecule has 40 nitrogen and oxygen atoms in total. The van der Waals surface area contributed by atoms with Gasteiger partial charge in [0.1, 0.15) is 83.4 Å². The van der Waals surface area contributed by atoms with E-state index in [4.69, 9.17) is 135 Å². The first-order valence-electron chi connectivity index (χ1n) is 35.9. The monoisotopic (exact) mass is 1960 g/mol. The van der Waals surface area contributed by atoms with Gasteiger partial charge in [-0.15, -0.1) is 0 Å². The normalized spacial score (nSPS) is 11.5. The fourth-order valence-electron chi connectivity index (χ4n) is 7.92. The van der Waals surface area contributed by atoms with Crippen LogP contribution in [0.5, 0.6) is 28.7 Å². The van der Waals surface area contributed by atoms with E-state index in [2.05, 4.69) is 15.5 Å². The summed E-state index contributed by atoms with van der Waals surface area (Å²) < 4.78 is 139. The Bertz CT molecular complexity index is 4040. The van der Waals surface area contributed by atoms with E-state index in [-0.39, 0.29) is 280 Å². The number of benzene rings is 5. The molecule has 1 aliphatic rings. The van der Waals surface area contributed by atoms with Crippen molar-refractivity contribution < 1.29 is 306 Å². The van der Waals surface area contributed by atoms with E-state index in [1.54, 1.807) is 115 Å². The number of thioether (sulfide) groups is 4. The predicted molar refractivity (Wildman–Crippen MR) is 434 cm³/mol. The van der Waals surface area contributed by atoms with Gasteiger partial charge >= 0.3 is 174 Å². The molecule has 0 bridgehead atoms. The molecular formula is C75H97F6K2N10NaO30S4. The summed E-state index contributed by atoms with van der Waals surface area (Å²) in [5.74, 6) is -4.34. The fraction of sp³-hybridized carbons (Fsp3) is 0.440. The average Bonchev–Trinajstić information content (AvgIpc) is 1.22. The Balaban J connectivity index is -0.000000275. The minimum absolute atomic E-state index is 0. The number of rotatable bonds is 46. The summed E-state index contributed by atoms with van der Waals surface area (Å²) in [5.41, 5.74) is 9.65. The van der Waals surface area contributed by atoms with Gasteiger partial charge in [-0.25, -0.2) is 14.4 Å². The summed E-state index contributed by atoms with van der Waals surface area (Å²) in [7, 11) is 1.00. The maximum Gasteiger partial charge on any atom is 1.00 e. The fourth-order valence-corrected chi connectivity index (χ4v) is 9.59. The number of carboxylic acids is 1. The molecule has 0 aromatic heterocycles. The van der Waals surface area contributed by atoms with Gasteiger partial charge in [0.25, 0.3) is 18.3 Å². The zero-order chi connectivity index (χ0) is 93.2. The Morgan fingerprint density at radius 1 is 0.500 bits per heavy atom. The molecule has 1 heterocycles. The third kappa shape index (κ3) is 67.6. The van der Waals surface area contributed by atoms with E-state index in [0.29, 0.717) is 91.6 Å². The summed E-state index contributed by atoms with van der Waals surface area (Å²) in [6, 6.07) is 32.1. The summed E-state index contributed by atoms with van der Waals surface area (Å²) in [6.07, 6.45) is -10.1. The number of amides is 4. The average molecular weight is 1960 g/mol. The number of thiocyanates is 4. The van der Waals surface area contributed by atoms with Crippen LogP contribution in [0.1, 0.15) is 67.1 Å². The molecule has 6 rings (SSSR count). The first-order chi connectivity index (χ1) is 59.5. The van der Waals surface area contributed by atoms with Crippen molar-refractivity contribution in [3.8, 4) is 50.4 Å². The summed E-state index contributed by atoms with van der Waals surface area (Å²) in [5, 5.41) is 110. The van der Waals surface area contributed by atoms with Crippen molar-refractivity contribution in [2.75, 3.05) is 159 Å². The van der Waals surface area contributed by atoms with Crippen LogP contribution in [0.2, 0.25) is 0 Å². The number of ether oxygens (including phenoxy) is 13. The molecule has 5 aromatic carbocycles. The van der Waals surface area contributed by atoms with Crippen molar-refractivity contribution >= 4 is 95.1 Å². The SMILES string of the molecule is CCOC(=O)c1cccc(OCC(OCCO)SC#N)c1.CCOC(=O)c1cccc(OCC2OCCO2)c1.CO.N#CSC(COc1cccc(C(=O)NCCN)c1)OCCO.N#CSC(COc1cccc(C(=O)NCCNC(=O)C(F)(F)F)c1)OCCO.N#CSC(COc1cccc(C(=O)O)c1)OCCO.NCCNC(=O)C(F)(F)F.O=CO[O-].[H-].[K+].[K+].[Na+].[OH-]. The van der Waals surface area contributed by atoms with E-state index in [0.717, 1.165) is 54.2 Å². The maximum absolute atomic E-state index is 12.0. The molecule has 0 aliphatic carbocycles. The Hall–Kier alpha value is -6.53. The summed E-state index contributed by atoms with van der Waals surface area (Å²) in [4.78, 5) is 89.6. The molecule has 1 aliphatic heterocycles. The van der Waals surface area contributed by atoms with Crippen LogP contribution in [0.25, 0.3) is 0 Å². The number of aliphatic hydroxyl groups is 5. The number of hydrogen-bond acceptors (Lipinski definition) is 39. The number of aromatic carboxylic acids is 1. The molecule has 0 saturated carbocycles. The van der Waals surface area contributed by atoms with E-state index in [1.807, 2.05) is 21.6 Å². The van der Waals surface area contributed by atoms with Crippen LogP contribution in [-0.4, -0.2) is 283 Å². The van der Waals surface area contributed by atoms with Gasteiger partial charge in [-0.3, -0.25) is 24.0 Å². The van der Waals surface area contributed by atoms with Gasteiger partial charge in [-0.1, -0.05) is 30.3 Å². The number of hydrogen-bond donors (Lipinski definition) is 12. The zero-order valence-corrected chi connectivity index (χ0v) is 81.7. The molecule has 4 atom stereocenters. The van der Waals surface area contributed by atoms with Crippen molar-refractivity contribution in [1.29, 1.82) is 21.0 Å². The van der Waals surface area contributed by atoms with Crippen molar-refractivity contribution in [1.82, 2.24) is 21.3 Å². The molecule has 5 aromatic rings. The molecule has 4 unspecified atom stereocenters. The number of alkyl halides is 6. The van der Waals surface area contributed by atoms with Crippen molar-refractivity contribution in [3.63, 3.8) is 0 Å². The Kier molecular flexibility index (Phi) is 88.7. The van der Waals surface area contributed by atoms with E-state index in [9.17, 15) is 59.9 Å². The predicted octanol–water partition coefficient (Wildman–Crippen LogP) is -5.34. The van der Waals surface area contributed by atoms with E-state index in [1.165, 1.54) is 30.3 Å². The first kappa shape index (κ1) is 132. The minimum atomic E-state index is -4.97. The van der Waals surface area contributed by atoms with Crippen LogP contribution >= 0.6 is 47.0 Å². The second-order valence-electron chi connectivity index (χ2n) is 21.8. The molecule has 1 fully saturated rings. The van der Waals surface area contributed by atoms with Gasteiger partial charge in [0.05, 0.1) is 96.0 Å². The van der Waals surface area contributed by atoms with Crippen LogP contribution in [0.4, 0.5) is 26.3 Å². The smallest absolute Gasteiger partial charge is 1.00 e. The number of carbonyl (C=O) groups is 8. The number of carboxylic acid groups (broad SMARTS) is 1. The van der Waals surface area contributed by atoms with Gasteiger partial charge in [-0.2, -0.15) is 47.4 Å². The summed E-state index contributed by atoms with van der Waals surface area (Å²) in [6.45, 7) is 5.68. The van der Waals surface area contributed by atoms with Crippen LogP contribution in [-0.2, 0) is 57.2 Å². The van der Waals surface area contributed by atoms with E-state index >= 15 is 0 Å². The molecule has 128 heavy (non-hydrogen) atoms. The largest absolute Gasteiger partial charge is 1.00 e. The number of nitriles is 4. The molecule has 0 spiro atoms. The van der Waals surface area contributed by atoms with Crippen molar-refractivity contribution in [2.24, 2.45) is 11.5 Å². The van der Waals surface area contributed by atoms with Crippen LogP contribution in [0.3, 0.4) is 0 Å². The topological polar surface area (TPSA) is 636 Å². The molecule has 4 amide bonds. The van der Waals surface area contributed by atoms with E-state index < -0.39 is 63.8 Å². The summed E-state index contributed by atoms with van der Waals surface area (Å²) >= 11 is 3.52. The molecule has 1 saturated heterocycles. The molecule has 0 radical (unpaired) electrons.